The molecule has 12 nitrogen and oxygen atoms in total. The Morgan fingerprint density at radius 1 is 0.560 bits per heavy atom. The summed E-state index contributed by atoms with van der Waals surface area (Å²) in [5, 5.41) is 10.2. The van der Waals surface area contributed by atoms with Gasteiger partial charge in [0.1, 0.15) is 22.6 Å². The maximum atomic E-state index is 12.8. The number of allylic oxidation sites excluding steroid dienone is 2. The molecule has 50 heavy (non-hydrogen) atoms. The molecule has 1 N–H and O–H groups in total. The highest BCUT2D eigenvalue weighted by atomic mass is 16.6. The maximum absolute atomic E-state index is 12.8. The number of hydrogen-bond donors (Lipinski definition) is 1. The summed E-state index contributed by atoms with van der Waals surface area (Å²) in [6, 6.07) is 20.6. The molecule has 0 saturated carbocycles. The molecule has 0 fully saturated rings. The minimum Gasteiger partial charge on any atom is -0.504 e. The number of para-hydroxylation sites is 2. The number of methoxy groups -OCH3 is 1. The number of rotatable bonds is 13. The van der Waals surface area contributed by atoms with Gasteiger partial charge in [-0.3, -0.25) is 19.2 Å². The van der Waals surface area contributed by atoms with Crippen LogP contribution in [0, 0.1) is 0 Å². The molecule has 0 atom stereocenters. The van der Waals surface area contributed by atoms with Crippen LogP contribution in [0.4, 0.5) is 0 Å². The average Bonchev–Trinajstić information content (AvgIpc) is 3.08. The smallest absolute Gasteiger partial charge is 0.347 e. The SMILES string of the molecule is COc1cc(/C=C/C(=O)CC(=O)/C=C/c2ccc(O)c(OC(=O)c3ccccc3OC(C)=O)c2)ccc1OC(=O)c1ccccc1OC(C)=O. The van der Waals surface area contributed by atoms with Gasteiger partial charge in [-0.1, -0.05) is 48.6 Å². The lowest BCUT2D eigenvalue weighted by atomic mass is 10.1. The van der Waals surface area contributed by atoms with E-state index in [0.717, 1.165) is 0 Å². The fourth-order valence-electron chi connectivity index (χ4n) is 4.32. The van der Waals surface area contributed by atoms with Crippen molar-refractivity contribution < 1.29 is 57.6 Å². The van der Waals surface area contributed by atoms with E-state index in [1.807, 2.05) is 0 Å². The van der Waals surface area contributed by atoms with E-state index in [2.05, 4.69) is 0 Å². The Morgan fingerprint density at radius 2 is 1.02 bits per heavy atom. The summed E-state index contributed by atoms with van der Waals surface area (Å²) in [5.41, 5.74) is 0.895. The summed E-state index contributed by atoms with van der Waals surface area (Å²) in [5.74, 6) is -4.16. The lowest BCUT2D eigenvalue weighted by Crippen LogP contribution is -2.13. The molecule has 0 amide bonds. The van der Waals surface area contributed by atoms with Crippen molar-refractivity contribution in [1.82, 2.24) is 0 Å². The van der Waals surface area contributed by atoms with Gasteiger partial charge in [0.15, 0.2) is 34.6 Å². The van der Waals surface area contributed by atoms with Crippen molar-refractivity contribution in [3.8, 4) is 34.5 Å². The van der Waals surface area contributed by atoms with Crippen LogP contribution in [0.25, 0.3) is 12.2 Å². The summed E-state index contributed by atoms with van der Waals surface area (Å²) in [7, 11) is 1.37. The van der Waals surface area contributed by atoms with Crippen LogP contribution in [-0.2, 0) is 19.2 Å². The third-order valence-electron chi connectivity index (χ3n) is 6.57. The van der Waals surface area contributed by atoms with Crippen LogP contribution in [0.3, 0.4) is 0 Å². The van der Waals surface area contributed by atoms with Crippen LogP contribution in [0.1, 0.15) is 52.1 Å². The molecule has 0 unspecified atom stereocenters. The Balaban J connectivity index is 1.36. The van der Waals surface area contributed by atoms with Gasteiger partial charge in [-0.15, -0.1) is 0 Å². The minimum absolute atomic E-state index is 0.0115. The lowest BCUT2D eigenvalue weighted by molar-refractivity contribution is -0.132. The third-order valence-corrected chi connectivity index (χ3v) is 6.57. The number of esters is 4. The molecule has 4 aromatic carbocycles. The van der Waals surface area contributed by atoms with Gasteiger partial charge in [0.25, 0.3) is 0 Å². The second-order valence-corrected chi connectivity index (χ2v) is 10.4. The van der Waals surface area contributed by atoms with E-state index in [4.69, 9.17) is 23.7 Å². The zero-order chi connectivity index (χ0) is 36.2. The van der Waals surface area contributed by atoms with Gasteiger partial charge in [0, 0.05) is 13.8 Å². The van der Waals surface area contributed by atoms with Gasteiger partial charge in [-0.25, -0.2) is 9.59 Å². The highest BCUT2D eigenvalue weighted by molar-refractivity contribution is 6.11. The second-order valence-electron chi connectivity index (χ2n) is 10.4. The van der Waals surface area contributed by atoms with Crippen LogP contribution in [0.2, 0.25) is 0 Å². The predicted molar refractivity (Wildman–Crippen MR) is 179 cm³/mol. The Labute approximate surface area is 286 Å². The van der Waals surface area contributed by atoms with Crippen molar-refractivity contribution in [2.24, 2.45) is 0 Å². The van der Waals surface area contributed by atoms with Crippen LogP contribution >= 0.6 is 0 Å². The Bertz CT molecular complexity index is 2020. The molecule has 0 bridgehead atoms. The Hall–Kier alpha value is -6.82. The first-order valence-corrected chi connectivity index (χ1v) is 14.9. The fraction of sp³-hybridized carbons (Fsp3) is 0.105. The highest BCUT2D eigenvalue weighted by Crippen LogP contribution is 2.31. The number of phenolic OH excluding ortho intramolecular Hbond substituents is 1. The van der Waals surface area contributed by atoms with Crippen LogP contribution in [-0.4, -0.2) is 47.7 Å². The third kappa shape index (κ3) is 10.1. The normalized spacial score (nSPS) is 10.8. The molecule has 0 aromatic heterocycles. The molecule has 4 rings (SSSR count). The zero-order valence-electron chi connectivity index (χ0n) is 27.0. The summed E-state index contributed by atoms with van der Waals surface area (Å²) in [6.45, 7) is 2.40. The first-order chi connectivity index (χ1) is 23.9. The fourth-order valence-corrected chi connectivity index (χ4v) is 4.32. The van der Waals surface area contributed by atoms with E-state index in [-0.39, 0.29) is 45.6 Å². The Kier molecular flexibility index (Phi) is 12.1. The van der Waals surface area contributed by atoms with Crippen molar-refractivity contribution in [3.63, 3.8) is 0 Å². The lowest BCUT2D eigenvalue weighted by Gasteiger charge is -2.12. The van der Waals surface area contributed by atoms with Gasteiger partial charge in [-0.2, -0.15) is 0 Å². The van der Waals surface area contributed by atoms with Crippen LogP contribution in [0.5, 0.6) is 34.5 Å². The van der Waals surface area contributed by atoms with Crippen molar-refractivity contribution >= 4 is 47.6 Å². The molecular formula is C38H30O12. The van der Waals surface area contributed by atoms with Crippen molar-refractivity contribution in [1.29, 1.82) is 0 Å². The number of phenols is 1. The first kappa shape index (κ1) is 36.0. The second kappa shape index (κ2) is 16.8. The van der Waals surface area contributed by atoms with Crippen molar-refractivity contribution in [2.75, 3.05) is 7.11 Å². The zero-order valence-corrected chi connectivity index (χ0v) is 27.0. The summed E-state index contributed by atoms with van der Waals surface area (Å²) < 4.78 is 26.2. The molecule has 0 saturated heterocycles. The number of ether oxygens (including phenoxy) is 5. The predicted octanol–water partition coefficient (Wildman–Crippen LogP) is 5.94. The molecule has 0 heterocycles. The van der Waals surface area contributed by atoms with Gasteiger partial charge in [-0.05, 0) is 71.8 Å². The summed E-state index contributed by atoms with van der Waals surface area (Å²) in [6.07, 6.45) is 4.79. The van der Waals surface area contributed by atoms with E-state index in [9.17, 15) is 33.9 Å². The van der Waals surface area contributed by atoms with Gasteiger partial charge in [0.2, 0.25) is 0 Å². The first-order valence-electron chi connectivity index (χ1n) is 14.9. The number of carbonyl (C=O) groups is 6. The molecule has 0 aliphatic heterocycles. The topological polar surface area (TPSA) is 169 Å². The molecule has 0 aliphatic rings. The number of benzene rings is 4. The standard InChI is InChI=1S/C38H30O12/c1-23(39)47-32-10-6-4-8-29(32)37(44)49-34-19-15-26(21-36(34)46-3)13-17-28(42)22-27(41)16-12-25-14-18-31(43)35(20-25)50-38(45)30-9-5-7-11-33(30)48-24(2)40/h4-21,43H,22H2,1-3H3/b16-12+,17-13+. The average molecular weight is 679 g/mol. The van der Waals surface area contributed by atoms with Crippen molar-refractivity contribution in [3.05, 3.63) is 119 Å². The summed E-state index contributed by atoms with van der Waals surface area (Å²) >= 11 is 0. The van der Waals surface area contributed by atoms with E-state index < -0.39 is 41.9 Å². The monoisotopic (exact) mass is 678 g/mol. The number of ketones is 2. The molecular weight excluding hydrogens is 648 g/mol. The minimum atomic E-state index is -0.887. The van der Waals surface area contributed by atoms with Crippen LogP contribution < -0.4 is 23.7 Å². The number of carbonyl (C=O) groups excluding carboxylic acids is 6. The maximum Gasteiger partial charge on any atom is 0.347 e. The van der Waals surface area contributed by atoms with Crippen molar-refractivity contribution in [2.45, 2.75) is 20.3 Å². The summed E-state index contributed by atoms with van der Waals surface area (Å²) in [4.78, 5) is 73.3. The van der Waals surface area contributed by atoms with E-state index in [0.29, 0.717) is 11.1 Å². The number of hydrogen-bond acceptors (Lipinski definition) is 12. The Morgan fingerprint density at radius 3 is 1.52 bits per heavy atom. The molecule has 0 radical (unpaired) electrons. The van der Waals surface area contributed by atoms with E-state index >= 15 is 0 Å². The molecule has 12 heteroatoms. The highest BCUT2D eigenvalue weighted by Gasteiger charge is 2.19. The number of aromatic hydroxyl groups is 1. The largest absolute Gasteiger partial charge is 0.504 e. The van der Waals surface area contributed by atoms with Gasteiger partial charge >= 0.3 is 23.9 Å². The van der Waals surface area contributed by atoms with E-state index in [1.54, 1.807) is 30.3 Å². The molecule has 0 spiro atoms. The quantitative estimate of drug-likeness (QED) is 0.0765. The van der Waals surface area contributed by atoms with Gasteiger partial charge in [0.05, 0.1) is 13.5 Å². The van der Waals surface area contributed by atoms with Gasteiger partial charge < -0.3 is 28.8 Å². The van der Waals surface area contributed by atoms with E-state index in [1.165, 1.54) is 99.9 Å². The molecule has 0 aliphatic carbocycles. The van der Waals surface area contributed by atoms with Crippen LogP contribution in [0.15, 0.2) is 97.1 Å². The molecule has 254 valence electrons. The molecule has 4 aromatic rings.